The molecule has 0 bridgehead atoms. The second-order valence-electron chi connectivity index (χ2n) is 2.80. The maximum absolute atomic E-state index is 7.73. The van der Waals surface area contributed by atoms with Crippen molar-refractivity contribution in [1.29, 1.82) is 5.41 Å². The summed E-state index contributed by atoms with van der Waals surface area (Å²) < 4.78 is 0. The van der Waals surface area contributed by atoms with E-state index in [4.69, 9.17) is 5.41 Å². The van der Waals surface area contributed by atoms with Crippen molar-refractivity contribution >= 4 is 5.84 Å². The molecule has 0 fully saturated rings. The summed E-state index contributed by atoms with van der Waals surface area (Å²) in [5.41, 5.74) is 1.95. The Morgan fingerprint density at radius 2 is 2.08 bits per heavy atom. The lowest BCUT2D eigenvalue weighted by Gasteiger charge is -2.21. The van der Waals surface area contributed by atoms with Crippen molar-refractivity contribution in [2.75, 3.05) is 7.05 Å². The molecule has 0 saturated heterocycles. The number of hydrogen-bond acceptors (Lipinski definition) is 1. The van der Waals surface area contributed by atoms with Crippen LogP contribution in [-0.4, -0.2) is 17.8 Å². The highest BCUT2D eigenvalue weighted by Crippen LogP contribution is 2.08. The smallest absolute Gasteiger partial charge is 0.127 e. The maximum Gasteiger partial charge on any atom is 0.127 e. The van der Waals surface area contributed by atoms with Gasteiger partial charge in [0, 0.05) is 12.7 Å². The molecule has 2 nitrogen and oxygen atoms in total. The summed E-state index contributed by atoms with van der Waals surface area (Å²) in [5.74, 6) is 0.532. The summed E-state index contributed by atoms with van der Waals surface area (Å²) in [7, 11) is 1.88. The van der Waals surface area contributed by atoms with Crippen LogP contribution in [-0.2, 0) is 0 Å². The minimum absolute atomic E-state index is 0.532. The molecule has 12 heavy (non-hydrogen) atoms. The van der Waals surface area contributed by atoms with Gasteiger partial charge in [-0.3, -0.25) is 5.41 Å². The predicted octanol–water partition coefficient (Wildman–Crippen LogP) is 2.79. The number of rotatable bonds is 3. The third kappa shape index (κ3) is 2.53. The lowest BCUT2D eigenvalue weighted by molar-refractivity contribution is 0.597. The Kier molecular flexibility index (Phi) is 4.34. The quantitative estimate of drug-likeness (QED) is 0.506. The fourth-order valence-corrected chi connectivity index (χ4v) is 0.797. The van der Waals surface area contributed by atoms with Gasteiger partial charge >= 0.3 is 0 Å². The van der Waals surface area contributed by atoms with Crippen LogP contribution >= 0.6 is 0 Å². The van der Waals surface area contributed by atoms with Gasteiger partial charge in [0.1, 0.15) is 5.84 Å². The van der Waals surface area contributed by atoms with Crippen molar-refractivity contribution in [1.82, 2.24) is 4.90 Å². The lowest BCUT2D eigenvalue weighted by Crippen LogP contribution is -2.25. The number of likely N-dealkylation sites (N-methyl/N-ethyl adjacent to an activating group) is 1. The fourth-order valence-electron chi connectivity index (χ4n) is 0.797. The van der Waals surface area contributed by atoms with Crippen LogP contribution in [0.25, 0.3) is 0 Å². The van der Waals surface area contributed by atoms with Crippen LogP contribution in [0.15, 0.2) is 23.9 Å². The van der Waals surface area contributed by atoms with Gasteiger partial charge in [-0.1, -0.05) is 19.6 Å². The molecule has 0 aromatic heterocycles. The molecule has 0 aliphatic rings. The Bertz CT molecular complexity index is 214. The molecule has 0 aliphatic heterocycles. The monoisotopic (exact) mass is 166 g/mol. The van der Waals surface area contributed by atoms with Crippen molar-refractivity contribution in [3.8, 4) is 0 Å². The van der Waals surface area contributed by atoms with E-state index >= 15 is 0 Å². The van der Waals surface area contributed by atoms with Crippen LogP contribution in [0, 0.1) is 5.41 Å². The van der Waals surface area contributed by atoms with Crippen LogP contribution in [0.1, 0.15) is 27.2 Å². The van der Waals surface area contributed by atoms with Crippen LogP contribution in [0.5, 0.6) is 0 Å². The van der Waals surface area contributed by atoms with Gasteiger partial charge in [-0.05, 0) is 25.8 Å². The Hall–Kier alpha value is -1.05. The summed E-state index contributed by atoms with van der Waals surface area (Å²) in [6.45, 7) is 9.78. The highest BCUT2D eigenvalue weighted by Gasteiger charge is 2.06. The van der Waals surface area contributed by atoms with Gasteiger partial charge in [-0.15, -0.1) is 0 Å². The van der Waals surface area contributed by atoms with Crippen LogP contribution in [0.3, 0.4) is 0 Å². The van der Waals surface area contributed by atoms with Crippen molar-refractivity contribution in [3.05, 3.63) is 23.9 Å². The van der Waals surface area contributed by atoms with Gasteiger partial charge in [0.05, 0.1) is 0 Å². The van der Waals surface area contributed by atoms with Gasteiger partial charge in [-0.2, -0.15) is 0 Å². The first-order valence-corrected chi connectivity index (χ1v) is 4.17. The first-order valence-electron chi connectivity index (χ1n) is 4.17. The Morgan fingerprint density at radius 1 is 1.58 bits per heavy atom. The Morgan fingerprint density at radius 3 is 2.42 bits per heavy atom. The molecule has 0 aromatic rings. The number of hydrogen-bond donors (Lipinski definition) is 1. The molecule has 1 N–H and O–H groups in total. The molecule has 0 unspecified atom stereocenters. The molecule has 0 spiro atoms. The summed E-state index contributed by atoms with van der Waals surface area (Å²) in [6.07, 6.45) is 2.82. The molecule has 0 aliphatic carbocycles. The van der Waals surface area contributed by atoms with E-state index in [1.54, 1.807) is 0 Å². The summed E-state index contributed by atoms with van der Waals surface area (Å²) >= 11 is 0. The zero-order valence-corrected chi connectivity index (χ0v) is 8.44. The molecule has 0 saturated carbocycles. The zero-order valence-electron chi connectivity index (χ0n) is 8.44. The lowest BCUT2D eigenvalue weighted by atomic mass is 10.2. The number of nitrogens with one attached hydrogen (secondary N) is 1. The van der Waals surface area contributed by atoms with E-state index in [1.807, 2.05) is 38.8 Å². The molecular weight excluding hydrogens is 148 g/mol. The minimum atomic E-state index is 0.532. The molecule has 0 atom stereocenters. The zero-order chi connectivity index (χ0) is 9.72. The maximum atomic E-state index is 7.73. The van der Waals surface area contributed by atoms with E-state index in [2.05, 4.69) is 6.58 Å². The largest absolute Gasteiger partial charge is 0.334 e. The van der Waals surface area contributed by atoms with Crippen LogP contribution < -0.4 is 0 Å². The number of nitrogens with zero attached hydrogens (tertiary/aromatic N) is 1. The topological polar surface area (TPSA) is 27.1 Å². The van der Waals surface area contributed by atoms with Gasteiger partial charge in [0.25, 0.3) is 0 Å². The third-order valence-electron chi connectivity index (χ3n) is 2.02. The molecule has 0 heterocycles. The fraction of sp³-hybridized carbons (Fsp3) is 0.500. The van der Waals surface area contributed by atoms with Crippen molar-refractivity contribution < 1.29 is 0 Å². The SMILES string of the molecule is C=C(CC)N(C)C(=N)/C(C)=C\C. The molecular formula is C10H18N2. The highest BCUT2D eigenvalue weighted by atomic mass is 15.1. The number of allylic oxidation sites excluding steroid dienone is 2. The average Bonchev–Trinajstić information content (AvgIpc) is 2.12. The summed E-state index contributed by atoms with van der Waals surface area (Å²) in [5, 5.41) is 7.73. The normalized spacial score (nSPS) is 11.2. The van der Waals surface area contributed by atoms with E-state index in [0.717, 1.165) is 17.7 Å². The first kappa shape index (κ1) is 11.0. The molecule has 0 amide bonds. The summed E-state index contributed by atoms with van der Waals surface area (Å²) in [4.78, 5) is 1.81. The summed E-state index contributed by atoms with van der Waals surface area (Å²) in [6, 6.07) is 0. The molecule has 0 rings (SSSR count). The van der Waals surface area contributed by atoms with Gasteiger partial charge in [-0.25, -0.2) is 0 Å². The van der Waals surface area contributed by atoms with Crippen molar-refractivity contribution in [2.24, 2.45) is 0 Å². The number of amidine groups is 1. The second kappa shape index (κ2) is 4.75. The third-order valence-corrected chi connectivity index (χ3v) is 2.02. The first-order chi connectivity index (χ1) is 5.54. The Balaban J connectivity index is 4.40. The van der Waals surface area contributed by atoms with E-state index in [9.17, 15) is 0 Å². The standard InChI is InChI=1S/C10H18N2/c1-6-8(3)10(11)12(5)9(4)7-2/h6,11H,4,7H2,1-3,5H3/b8-6-,11-10?. The van der Waals surface area contributed by atoms with Crippen molar-refractivity contribution in [3.63, 3.8) is 0 Å². The van der Waals surface area contributed by atoms with E-state index < -0.39 is 0 Å². The molecule has 2 heteroatoms. The van der Waals surface area contributed by atoms with E-state index in [1.165, 1.54) is 0 Å². The molecule has 0 aromatic carbocycles. The van der Waals surface area contributed by atoms with Gasteiger partial charge in [0.2, 0.25) is 0 Å². The average molecular weight is 166 g/mol. The predicted molar refractivity (Wildman–Crippen MR) is 54.4 cm³/mol. The molecule has 0 radical (unpaired) electrons. The van der Waals surface area contributed by atoms with Crippen LogP contribution in [0.2, 0.25) is 0 Å². The van der Waals surface area contributed by atoms with E-state index in [0.29, 0.717) is 5.84 Å². The Labute approximate surface area is 75.1 Å². The van der Waals surface area contributed by atoms with Crippen LogP contribution in [0.4, 0.5) is 0 Å². The van der Waals surface area contributed by atoms with E-state index in [-0.39, 0.29) is 0 Å². The van der Waals surface area contributed by atoms with Gasteiger partial charge < -0.3 is 4.90 Å². The van der Waals surface area contributed by atoms with Crippen molar-refractivity contribution in [2.45, 2.75) is 27.2 Å². The second-order valence-corrected chi connectivity index (χ2v) is 2.80. The highest BCUT2D eigenvalue weighted by molar-refractivity contribution is 5.95. The van der Waals surface area contributed by atoms with Gasteiger partial charge in [0.15, 0.2) is 0 Å². The minimum Gasteiger partial charge on any atom is -0.334 e. The molecule has 68 valence electrons.